The van der Waals surface area contributed by atoms with Crippen LogP contribution in [0.25, 0.3) is 0 Å². The number of methoxy groups -OCH3 is 2. The van der Waals surface area contributed by atoms with Crippen LogP contribution in [0, 0.1) is 0 Å². The van der Waals surface area contributed by atoms with E-state index in [1.807, 2.05) is 0 Å². The first-order valence-electron chi connectivity index (χ1n) is 7.81. The average Bonchev–Trinajstić information content (AvgIpc) is 2.49. The fourth-order valence-corrected chi connectivity index (χ4v) is 4.31. The van der Waals surface area contributed by atoms with Gasteiger partial charge in [-0.1, -0.05) is 32.1 Å². The number of sulfonamides is 1. The van der Waals surface area contributed by atoms with E-state index < -0.39 is 10.0 Å². The SMILES string of the molecule is COc1ccc(S(=O)(=O)NC2CCCCCCC2)c(OC)c1. The second-order valence-corrected chi connectivity index (χ2v) is 7.36. The van der Waals surface area contributed by atoms with Gasteiger partial charge in [-0.3, -0.25) is 0 Å². The zero-order valence-electron chi connectivity index (χ0n) is 13.3. The summed E-state index contributed by atoms with van der Waals surface area (Å²) in [5.74, 6) is 0.874. The largest absolute Gasteiger partial charge is 0.497 e. The predicted octanol–water partition coefficient (Wildman–Crippen LogP) is 3.10. The van der Waals surface area contributed by atoms with Crippen molar-refractivity contribution in [3.05, 3.63) is 18.2 Å². The molecule has 1 aliphatic carbocycles. The molecule has 1 N–H and O–H groups in total. The van der Waals surface area contributed by atoms with E-state index in [0.717, 1.165) is 25.7 Å². The first-order valence-corrected chi connectivity index (χ1v) is 9.29. The lowest BCUT2D eigenvalue weighted by Crippen LogP contribution is -2.35. The van der Waals surface area contributed by atoms with Crippen LogP contribution in [0.5, 0.6) is 11.5 Å². The van der Waals surface area contributed by atoms with Gasteiger partial charge in [-0.25, -0.2) is 13.1 Å². The summed E-state index contributed by atoms with van der Waals surface area (Å²) in [6, 6.07) is 4.77. The van der Waals surface area contributed by atoms with Gasteiger partial charge in [0.15, 0.2) is 0 Å². The van der Waals surface area contributed by atoms with Gasteiger partial charge in [-0.05, 0) is 25.0 Å². The highest BCUT2D eigenvalue weighted by molar-refractivity contribution is 7.89. The molecule has 0 heterocycles. The molecule has 1 aromatic carbocycles. The van der Waals surface area contributed by atoms with Crippen molar-refractivity contribution in [1.82, 2.24) is 4.72 Å². The molecule has 6 heteroatoms. The normalized spacial score (nSPS) is 17.5. The van der Waals surface area contributed by atoms with E-state index in [0.29, 0.717) is 11.5 Å². The van der Waals surface area contributed by atoms with Crippen LogP contribution in [-0.2, 0) is 10.0 Å². The van der Waals surface area contributed by atoms with Crippen molar-refractivity contribution in [1.29, 1.82) is 0 Å². The molecule has 0 aliphatic heterocycles. The molecule has 0 radical (unpaired) electrons. The summed E-state index contributed by atoms with van der Waals surface area (Å²) in [4.78, 5) is 0.165. The molecule has 124 valence electrons. The van der Waals surface area contributed by atoms with Crippen molar-refractivity contribution in [2.24, 2.45) is 0 Å². The van der Waals surface area contributed by atoms with E-state index in [-0.39, 0.29) is 10.9 Å². The number of rotatable bonds is 5. The fraction of sp³-hybridized carbons (Fsp3) is 0.625. The second-order valence-electron chi connectivity index (χ2n) is 5.68. The maximum atomic E-state index is 12.6. The minimum absolute atomic E-state index is 0.0112. The number of benzene rings is 1. The molecule has 0 amide bonds. The second kappa shape index (κ2) is 7.83. The lowest BCUT2D eigenvalue weighted by atomic mass is 9.97. The van der Waals surface area contributed by atoms with Crippen LogP contribution in [0.2, 0.25) is 0 Å². The van der Waals surface area contributed by atoms with Gasteiger partial charge in [0.2, 0.25) is 10.0 Å². The lowest BCUT2D eigenvalue weighted by Gasteiger charge is -2.21. The molecule has 1 fully saturated rings. The average molecular weight is 327 g/mol. The topological polar surface area (TPSA) is 64.6 Å². The Hall–Kier alpha value is -1.27. The number of hydrogen-bond donors (Lipinski definition) is 1. The smallest absolute Gasteiger partial charge is 0.244 e. The lowest BCUT2D eigenvalue weighted by molar-refractivity contribution is 0.384. The maximum Gasteiger partial charge on any atom is 0.244 e. The molecule has 2 rings (SSSR count). The third-order valence-corrected chi connectivity index (χ3v) is 5.65. The van der Waals surface area contributed by atoms with Gasteiger partial charge in [0.05, 0.1) is 14.2 Å². The highest BCUT2D eigenvalue weighted by Gasteiger charge is 2.24. The molecule has 1 saturated carbocycles. The minimum Gasteiger partial charge on any atom is -0.497 e. The molecule has 22 heavy (non-hydrogen) atoms. The third kappa shape index (κ3) is 4.36. The Morgan fingerprint density at radius 3 is 2.23 bits per heavy atom. The van der Waals surface area contributed by atoms with Gasteiger partial charge in [0, 0.05) is 12.1 Å². The Balaban J connectivity index is 2.18. The van der Waals surface area contributed by atoms with Crippen LogP contribution in [0.15, 0.2) is 23.1 Å². The third-order valence-electron chi connectivity index (χ3n) is 4.09. The van der Waals surface area contributed by atoms with Gasteiger partial charge in [-0.2, -0.15) is 0 Å². The molecule has 0 bridgehead atoms. The van der Waals surface area contributed by atoms with Crippen molar-refractivity contribution in [2.75, 3.05) is 14.2 Å². The zero-order valence-corrected chi connectivity index (χ0v) is 14.1. The molecule has 0 spiro atoms. The Morgan fingerprint density at radius 2 is 1.64 bits per heavy atom. The van der Waals surface area contributed by atoms with Gasteiger partial charge < -0.3 is 9.47 Å². The molecular formula is C16H25NO4S. The molecule has 0 unspecified atom stereocenters. The van der Waals surface area contributed by atoms with Crippen molar-refractivity contribution in [3.63, 3.8) is 0 Å². The van der Waals surface area contributed by atoms with Crippen molar-refractivity contribution >= 4 is 10.0 Å². The molecular weight excluding hydrogens is 302 g/mol. The van der Waals surface area contributed by atoms with E-state index in [9.17, 15) is 8.42 Å². The minimum atomic E-state index is -3.59. The van der Waals surface area contributed by atoms with Crippen molar-refractivity contribution in [2.45, 2.75) is 55.9 Å². The monoisotopic (exact) mass is 327 g/mol. The summed E-state index contributed by atoms with van der Waals surface area (Å²) in [5, 5.41) is 0. The first kappa shape index (κ1) is 17.1. The standard InChI is InChI=1S/C16H25NO4S/c1-20-14-10-11-16(15(12-14)21-2)22(18,19)17-13-8-6-4-3-5-7-9-13/h10-13,17H,3-9H2,1-2H3. The molecule has 0 aromatic heterocycles. The Kier molecular flexibility index (Phi) is 6.08. The Bertz CT molecular complexity index is 578. The Labute approximate surface area is 133 Å². The van der Waals surface area contributed by atoms with Crippen LogP contribution < -0.4 is 14.2 Å². The zero-order chi connectivity index (χ0) is 16.0. The maximum absolute atomic E-state index is 12.6. The molecule has 5 nitrogen and oxygen atoms in total. The highest BCUT2D eigenvalue weighted by atomic mass is 32.2. The molecule has 1 aromatic rings. The van der Waals surface area contributed by atoms with E-state index in [4.69, 9.17) is 9.47 Å². The number of nitrogens with one attached hydrogen (secondary N) is 1. The molecule has 1 aliphatic rings. The van der Waals surface area contributed by atoms with Gasteiger partial charge in [0.1, 0.15) is 16.4 Å². The summed E-state index contributed by atoms with van der Waals surface area (Å²) >= 11 is 0. The van der Waals surface area contributed by atoms with E-state index in [1.54, 1.807) is 12.1 Å². The van der Waals surface area contributed by atoms with Crippen LogP contribution in [-0.4, -0.2) is 28.7 Å². The first-order chi connectivity index (χ1) is 10.6. The summed E-state index contributed by atoms with van der Waals surface area (Å²) < 4.78 is 38.5. The molecule has 0 saturated heterocycles. The fourth-order valence-electron chi connectivity index (χ4n) is 2.85. The van der Waals surface area contributed by atoms with E-state index in [2.05, 4.69) is 4.72 Å². The van der Waals surface area contributed by atoms with Gasteiger partial charge >= 0.3 is 0 Å². The van der Waals surface area contributed by atoms with Crippen molar-refractivity contribution in [3.8, 4) is 11.5 Å². The Morgan fingerprint density at radius 1 is 1.00 bits per heavy atom. The van der Waals surface area contributed by atoms with Crippen LogP contribution in [0.1, 0.15) is 44.9 Å². The van der Waals surface area contributed by atoms with E-state index >= 15 is 0 Å². The number of ether oxygens (including phenoxy) is 2. The summed E-state index contributed by atoms with van der Waals surface area (Å²) in [6.07, 6.45) is 7.58. The number of hydrogen-bond acceptors (Lipinski definition) is 4. The predicted molar refractivity (Wildman–Crippen MR) is 86.0 cm³/mol. The van der Waals surface area contributed by atoms with Gasteiger partial charge in [0.25, 0.3) is 0 Å². The van der Waals surface area contributed by atoms with Crippen LogP contribution in [0.3, 0.4) is 0 Å². The quantitative estimate of drug-likeness (QED) is 0.902. The highest BCUT2D eigenvalue weighted by Crippen LogP contribution is 2.29. The molecule has 0 atom stereocenters. The van der Waals surface area contributed by atoms with E-state index in [1.165, 1.54) is 39.5 Å². The summed E-state index contributed by atoms with van der Waals surface area (Å²) in [7, 11) is -0.587. The summed E-state index contributed by atoms with van der Waals surface area (Å²) in [5.41, 5.74) is 0. The summed E-state index contributed by atoms with van der Waals surface area (Å²) in [6.45, 7) is 0. The van der Waals surface area contributed by atoms with Crippen LogP contribution >= 0.6 is 0 Å². The van der Waals surface area contributed by atoms with Gasteiger partial charge in [-0.15, -0.1) is 0 Å². The van der Waals surface area contributed by atoms with Crippen molar-refractivity contribution < 1.29 is 17.9 Å². The van der Waals surface area contributed by atoms with Crippen LogP contribution in [0.4, 0.5) is 0 Å².